The molecule has 3 nitrogen and oxygen atoms in total. The number of hydrogen-bond acceptors (Lipinski definition) is 3. The minimum atomic E-state index is 0.157. The summed E-state index contributed by atoms with van der Waals surface area (Å²) < 4.78 is 0.360. The number of nitriles is 1. The summed E-state index contributed by atoms with van der Waals surface area (Å²) in [5, 5.41) is 8.98. The highest BCUT2D eigenvalue weighted by atomic mass is 32.2. The predicted molar refractivity (Wildman–Crippen MR) is 107 cm³/mol. The number of carbonyl (C=O) groups is 1. The molecule has 0 radical (unpaired) electrons. The van der Waals surface area contributed by atoms with E-state index in [2.05, 4.69) is 6.07 Å². The van der Waals surface area contributed by atoms with Gasteiger partial charge in [-0.1, -0.05) is 17.7 Å². The van der Waals surface area contributed by atoms with Gasteiger partial charge in [-0.3, -0.25) is 4.79 Å². The summed E-state index contributed by atoms with van der Waals surface area (Å²) in [5.74, 6) is 3.44. The summed E-state index contributed by atoms with van der Waals surface area (Å²) in [6, 6.07) is 10.3. The molecular weight excluding hydrogens is 340 g/mol. The van der Waals surface area contributed by atoms with Crippen molar-refractivity contribution in [2.75, 3.05) is 17.2 Å². The van der Waals surface area contributed by atoms with Crippen LogP contribution in [0.25, 0.3) is 0 Å². The minimum absolute atomic E-state index is 0.157. The molecule has 1 aromatic carbocycles. The van der Waals surface area contributed by atoms with Gasteiger partial charge in [0.2, 0.25) is 5.91 Å². The van der Waals surface area contributed by atoms with Crippen LogP contribution in [0.5, 0.6) is 0 Å². The van der Waals surface area contributed by atoms with Crippen molar-refractivity contribution in [3.8, 4) is 6.07 Å². The molecule has 0 unspecified atom stereocenters. The molecule has 0 N–H and O–H groups in total. The first-order valence-electron chi connectivity index (χ1n) is 9.95. The summed E-state index contributed by atoms with van der Waals surface area (Å²) in [5.41, 5.74) is 2.10. The molecule has 4 bridgehead atoms. The third-order valence-corrected chi connectivity index (χ3v) is 8.08. The van der Waals surface area contributed by atoms with Gasteiger partial charge in [0.1, 0.15) is 0 Å². The molecule has 26 heavy (non-hydrogen) atoms. The van der Waals surface area contributed by atoms with E-state index in [4.69, 9.17) is 5.26 Å². The molecule has 1 amide bonds. The summed E-state index contributed by atoms with van der Waals surface area (Å²) in [6.45, 7) is 2.54. The molecule has 0 spiro atoms. The van der Waals surface area contributed by atoms with Crippen LogP contribution in [0.2, 0.25) is 0 Å². The zero-order chi connectivity index (χ0) is 18.1. The Kier molecular flexibility index (Phi) is 5.01. The predicted octanol–water partition coefficient (Wildman–Crippen LogP) is 4.94. The average molecular weight is 369 g/mol. The highest BCUT2D eigenvalue weighted by Crippen LogP contribution is 2.60. The molecule has 4 saturated carbocycles. The van der Waals surface area contributed by atoms with E-state index in [9.17, 15) is 4.79 Å². The zero-order valence-electron chi connectivity index (χ0n) is 15.6. The van der Waals surface area contributed by atoms with Crippen LogP contribution in [-0.4, -0.2) is 23.0 Å². The van der Waals surface area contributed by atoms with Gasteiger partial charge in [0.25, 0.3) is 0 Å². The van der Waals surface area contributed by atoms with Crippen molar-refractivity contribution in [2.24, 2.45) is 17.8 Å². The molecule has 4 aliphatic rings. The smallest absolute Gasteiger partial charge is 0.237 e. The van der Waals surface area contributed by atoms with Gasteiger partial charge in [-0.25, -0.2) is 0 Å². The molecule has 4 fully saturated rings. The number of hydrogen-bond donors (Lipinski definition) is 0. The van der Waals surface area contributed by atoms with E-state index >= 15 is 0 Å². The van der Waals surface area contributed by atoms with Crippen LogP contribution < -0.4 is 4.90 Å². The van der Waals surface area contributed by atoms with Crippen molar-refractivity contribution in [1.82, 2.24) is 0 Å². The summed E-state index contributed by atoms with van der Waals surface area (Å²) in [7, 11) is 0. The van der Waals surface area contributed by atoms with Crippen LogP contribution in [0.15, 0.2) is 24.3 Å². The van der Waals surface area contributed by atoms with Crippen molar-refractivity contribution >= 4 is 23.4 Å². The fraction of sp³-hybridized carbons (Fsp3) is 0.636. The first kappa shape index (κ1) is 17.9. The Bertz CT molecular complexity index is 671. The highest BCUT2D eigenvalue weighted by Gasteiger charge is 2.51. The Balaban J connectivity index is 1.43. The molecule has 0 aromatic heterocycles. The van der Waals surface area contributed by atoms with Gasteiger partial charge in [0.15, 0.2) is 0 Å². The number of thioether (sulfide) groups is 1. The van der Waals surface area contributed by atoms with Gasteiger partial charge in [-0.05, 0) is 75.3 Å². The molecule has 138 valence electrons. The molecular formula is C22H28N2OS. The summed E-state index contributed by atoms with van der Waals surface area (Å²) >= 11 is 1.93. The fourth-order valence-corrected chi connectivity index (χ4v) is 7.43. The number of carbonyl (C=O) groups excluding carboxylic acids is 1. The van der Waals surface area contributed by atoms with Crippen molar-refractivity contribution in [3.05, 3.63) is 29.8 Å². The van der Waals surface area contributed by atoms with Gasteiger partial charge >= 0.3 is 0 Å². The Morgan fingerprint density at radius 2 is 1.73 bits per heavy atom. The van der Waals surface area contributed by atoms with Crippen LogP contribution in [0.1, 0.15) is 50.5 Å². The molecule has 4 aliphatic carbocycles. The van der Waals surface area contributed by atoms with Crippen molar-refractivity contribution in [1.29, 1.82) is 5.26 Å². The Morgan fingerprint density at radius 3 is 2.27 bits per heavy atom. The van der Waals surface area contributed by atoms with E-state index in [1.165, 1.54) is 44.1 Å². The third-order valence-electron chi connectivity index (χ3n) is 6.58. The topological polar surface area (TPSA) is 44.1 Å². The van der Waals surface area contributed by atoms with E-state index in [0.29, 0.717) is 23.5 Å². The number of aryl methyl sites for hydroxylation is 1. The van der Waals surface area contributed by atoms with Crippen LogP contribution in [-0.2, 0) is 4.79 Å². The van der Waals surface area contributed by atoms with Gasteiger partial charge in [-0.15, -0.1) is 11.8 Å². The van der Waals surface area contributed by atoms with Crippen LogP contribution in [0.4, 0.5) is 5.69 Å². The number of benzene rings is 1. The molecule has 4 heteroatoms. The van der Waals surface area contributed by atoms with Gasteiger partial charge < -0.3 is 4.90 Å². The maximum Gasteiger partial charge on any atom is 0.237 e. The molecule has 0 atom stereocenters. The van der Waals surface area contributed by atoms with Crippen molar-refractivity contribution in [3.63, 3.8) is 0 Å². The SMILES string of the molecule is Cc1ccc(N(CCC#N)C(=O)CSC23CC4CC(CC(C4)C2)C3)cc1. The quantitative estimate of drug-likeness (QED) is 0.714. The van der Waals surface area contributed by atoms with Crippen molar-refractivity contribution in [2.45, 2.75) is 56.6 Å². The maximum atomic E-state index is 13.0. The van der Waals surface area contributed by atoms with Crippen LogP contribution in [0.3, 0.4) is 0 Å². The molecule has 1 aromatic rings. The number of nitrogens with zero attached hydrogens (tertiary/aromatic N) is 2. The zero-order valence-corrected chi connectivity index (χ0v) is 16.4. The Morgan fingerprint density at radius 1 is 1.15 bits per heavy atom. The molecule has 0 aliphatic heterocycles. The van der Waals surface area contributed by atoms with E-state index in [1.807, 2.05) is 47.9 Å². The molecule has 5 rings (SSSR count). The third kappa shape index (κ3) is 3.64. The van der Waals surface area contributed by atoms with Crippen LogP contribution in [0, 0.1) is 36.0 Å². The van der Waals surface area contributed by atoms with E-state index in [0.717, 1.165) is 23.4 Å². The van der Waals surface area contributed by atoms with E-state index in [1.54, 1.807) is 0 Å². The average Bonchev–Trinajstić information content (AvgIpc) is 2.61. The maximum absolute atomic E-state index is 13.0. The summed E-state index contributed by atoms with van der Waals surface area (Å²) in [4.78, 5) is 14.8. The number of amides is 1. The Hall–Kier alpha value is -1.47. The lowest BCUT2D eigenvalue weighted by Gasteiger charge is -2.56. The summed E-state index contributed by atoms with van der Waals surface area (Å²) in [6.07, 6.45) is 8.64. The number of rotatable bonds is 6. The van der Waals surface area contributed by atoms with E-state index in [-0.39, 0.29) is 5.91 Å². The Labute approximate surface area is 161 Å². The second kappa shape index (κ2) is 7.27. The standard InChI is InChI=1S/C22H28N2OS/c1-16-3-5-20(6-4-16)24(8-2-7-23)21(25)15-26-22-12-17-9-18(13-22)11-19(10-17)14-22/h3-6,17-19H,2,8-15H2,1H3. The minimum Gasteiger partial charge on any atom is -0.311 e. The lowest BCUT2D eigenvalue weighted by Crippen LogP contribution is -2.49. The molecule has 0 heterocycles. The number of anilines is 1. The normalized spacial score (nSPS) is 31.6. The second-order valence-corrected chi connectivity index (χ2v) is 10.1. The largest absolute Gasteiger partial charge is 0.311 e. The second-order valence-electron chi connectivity index (χ2n) is 8.68. The highest BCUT2D eigenvalue weighted by molar-refractivity contribution is 8.01. The van der Waals surface area contributed by atoms with Gasteiger partial charge in [0.05, 0.1) is 18.2 Å². The first-order valence-corrected chi connectivity index (χ1v) is 10.9. The van der Waals surface area contributed by atoms with Gasteiger partial charge in [-0.2, -0.15) is 5.26 Å². The lowest BCUT2D eigenvalue weighted by atomic mass is 9.56. The monoisotopic (exact) mass is 368 g/mol. The lowest BCUT2D eigenvalue weighted by molar-refractivity contribution is -0.116. The van der Waals surface area contributed by atoms with Crippen molar-refractivity contribution < 1.29 is 4.79 Å². The van der Waals surface area contributed by atoms with Gasteiger partial charge in [0, 0.05) is 17.0 Å². The van der Waals surface area contributed by atoms with Crippen LogP contribution >= 0.6 is 11.8 Å². The fourth-order valence-electron chi connectivity index (χ4n) is 5.79. The molecule has 0 saturated heterocycles. The first-order chi connectivity index (χ1) is 12.6. The van der Waals surface area contributed by atoms with E-state index < -0.39 is 0 Å².